The fraction of sp³-hybridized carbons (Fsp3) is 0.0476. The molecule has 0 saturated carbocycles. The Kier molecular flexibility index (Phi) is 4.08. The molecule has 4 aromatic rings. The van der Waals surface area contributed by atoms with E-state index in [1.165, 1.54) is 0 Å². The van der Waals surface area contributed by atoms with Crippen LogP contribution in [-0.4, -0.2) is 9.97 Å². The summed E-state index contributed by atoms with van der Waals surface area (Å²) < 4.78 is 5.84. The van der Waals surface area contributed by atoms with Crippen LogP contribution in [0.5, 0.6) is 0 Å². The summed E-state index contributed by atoms with van der Waals surface area (Å²) >= 11 is 6.21. The van der Waals surface area contributed by atoms with E-state index in [0.717, 1.165) is 22.2 Å². The second-order valence-corrected chi connectivity index (χ2v) is 6.36. The van der Waals surface area contributed by atoms with Gasteiger partial charge in [0.2, 0.25) is 0 Å². The first-order valence-electron chi connectivity index (χ1n) is 8.07. The van der Waals surface area contributed by atoms with Crippen LogP contribution in [-0.2, 0) is 0 Å². The van der Waals surface area contributed by atoms with Gasteiger partial charge < -0.3 is 9.40 Å². The second kappa shape index (κ2) is 6.55. The van der Waals surface area contributed by atoms with Crippen molar-refractivity contribution in [2.45, 2.75) is 6.92 Å². The van der Waals surface area contributed by atoms with Gasteiger partial charge in [-0.3, -0.25) is 0 Å². The predicted octanol–water partition coefficient (Wildman–Crippen LogP) is 5.85. The Balaban J connectivity index is 1.72. The standard InChI is InChI=1S/C21H14ClN3O/c1-13-6-8-18-19(10-13)25-21(24-18)14(12-23)11-15-7-9-20(26-15)16-4-2-3-5-17(16)22/h2-11H,1H3,(H,24,25). The first kappa shape index (κ1) is 16.2. The van der Waals surface area contributed by atoms with Crippen LogP contribution in [0, 0.1) is 18.3 Å². The highest BCUT2D eigenvalue weighted by molar-refractivity contribution is 6.33. The van der Waals surface area contributed by atoms with Crippen molar-refractivity contribution in [2.24, 2.45) is 0 Å². The van der Waals surface area contributed by atoms with E-state index in [0.29, 0.717) is 27.9 Å². The summed E-state index contributed by atoms with van der Waals surface area (Å²) in [6.45, 7) is 2.01. The summed E-state index contributed by atoms with van der Waals surface area (Å²) in [5, 5.41) is 10.2. The normalized spacial score (nSPS) is 11.7. The van der Waals surface area contributed by atoms with Gasteiger partial charge in [0.15, 0.2) is 0 Å². The number of fused-ring (bicyclic) bond motifs is 1. The Bertz CT molecular complexity index is 1180. The molecule has 0 saturated heterocycles. The number of nitrogens with one attached hydrogen (secondary N) is 1. The van der Waals surface area contributed by atoms with Gasteiger partial charge in [-0.25, -0.2) is 4.98 Å². The Morgan fingerprint density at radius 3 is 2.85 bits per heavy atom. The van der Waals surface area contributed by atoms with E-state index in [1.807, 2.05) is 61.5 Å². The Morgan fingerprint density at radius 2 is 2.04 bits per heavy atom. The molecule has 0 spiro atoms. The van der Waals surface area contributed by atoms with Crippen LogP contribution in [0.4, 0.5) is 0 Å². The minimum Gasteiger partial charge on any atom is -0.457 e. The zero-order valence-corrected chi connectivity index (χ0v) is 14.7. The molecule has 0 atom stereocenters. The largest absolute Gasteiger partial charge is 0.457 e. The molecule has 0 aliphatic heterocycles. The van der Waals surface area contributed by atoms with Crippen molar-refractivity contribution >= 4 is 34.3 Å². The van der Waals surface area contributed by atoms with Crippen LogP contribution in [0.15, 0.2) is 59.0 Å². The van der Waals surface area contributed by atoms with Crippen molar-refractivity contribution in [3.63, 3.8) is 0 Å². The fourth-order valence-corrected chi connectivity index (χ4v) is 3.01. The van der Waals surface area contributed by atoms with Gasteiger partial charge >= 0.3 is 0 Å². The summed E-state index contributed by atoms with van der Waals surface area (Å²) in [6, 6.07) is 19.2. The topological polar surface area (TPSA) is 65.6 Å². The van der Waals surface area contributed by atoms with Crippen LogP contribution in [0.1, 0.15) is 17.1 Å². The van der Waals surface area contributed by atoms with Crippen molar-refractivity contribution in [2.75, 3.05) is 0 Å². The smallest absolute Gasteiger partial charge is 0.149 e. The van der Waals surface area contributed by atoms with Gasteiger partial charge in [0, 0.05) is 11.6 Å². The summed E-state index contributed by atoms with van der Waals surface area (Å²) in [6.07, 6.45) is 1.67. The number of nitriles is 1. The van der Waals surface area contributed by atoms with Crippen LogP contribution < -0.4 is 0 Å². The van der Waals surface area contributed by atoms with Gasteiger partial charge in [-0.2, -0.15) is 5.26 Å². The SMILES string of the molecule is Cc1ccc2nc(C(C#N)=Cc3ccc(-c4ccccc4Cl)o3)[nH]c2c1. The highest BCUT2D eigenvalue weighted by Gasteiger charge is 2.11. The number of hydrogen-bond donors (Lipinski definition) is 1. The zero-order chi connectivity index (χ0) is 18.1. The van der Waals surface area contributed by atoms with Crippen molar-refractivity contribution in [3.05, 3.63) is 76.8 Å². The Morgan fingerprint density at radius 1 is 1.19 bits per heavy atom. The third-order valence-corrected chi connectivity index (χ3v) is 4.40. The van der Waals surface area contributed by atoms with Crippen molar-refractivity contribution in [3.8, 4) is 17.4 Å². The van der Waals surface area contributed by atoms with E-state index in [9.17, 15) is 5.26 Å². The van der Waals surface area contributed by atoms with Gasteiger partial charge in [-0.1, -0.05) is 29.8 Å². The number of allylic oxidation sites excluding steroid dienone is 1. The number of hydrogen-bond acceptors (Lipinski definition) is 3. The quantitative estimate of drug-likeness (QED) is 0.466. The van der Waals surface area contributed by atoms with Crippen molar-refractivity contribution in [1.82, 2.24) is 9.97 Å². The predicted molar refractivity (Wildman–Crippen MR) is 103 cm³/mol. The van der Waals surface area contributed by atoms with Gasteiger partial charge in [0.1, 0.15) is 23.4 Å². The average molecular weight is 360 g/mol. The third-order valence-electron chi connectivity index (χ3n) is 4.07. The molecular weight excluding hydrogens is 346 g/mol. The minimum atomic E-state index is 0.402. The fourth-order valence-electron chi connectivity index (χ4n) is 2.78. The molecule has 2 aromatic carbocycles. The van der Waals surface area contributed by atoms with Crippen LogP contribution >= 0.6 is 11.6 Å². The van der Waals surface area contributed by atoms with Crippen molar-refractivity contribution < 1.29 is 4.42 Å². The summed E-state index contributed by atoms with van der Waals surface area (Å²) in [5.74, 6) is 1.73. The molecule has 0 amide bonds. The average Bonchev–Trinajstić information content (AvgIpc) is 3.26. The first-order valence-corrected chi connectivity index (χ1v) is 8.45. The van der Waals surface area contributed by atoms with E-state index in [4.69, 9.17) is 16.0 Å². The summed E-state index contributed by atoms with van der Waals surface area (Å²) in [4.78, 5) is 7.68. The number of nitrogens with zero attached hydrogens (tertiary/aromatic N) is 2. The molecule has 4 rings (SSSR count). The lowest BCUT2D eigenvalue weighted by Crippen LogP contribution is -1.84. The number of imidazole rings is 1. The number of rotatable bonds is 3. The van der Waals surface area contributed by atoms with Crippen molar-refractivity contribution in [1.29, 1.82) is 5.26 Å². The van der Waals surface area contributed by atoms with E-state index in [2.05, 4.69) is 16.0 Å². The molecule has 1 N–H and O–H groups in total. The number of H-pyrrole nitrogens is 1. The monoisotopic (exact) mass is 359 g/mol. The number of halogens is 1. The van der Waals surface area contributed by atoms with E-state index < -0.39 is 0 Å². The number of benzene rings is 2. The molecule has 0 aliphatic carbocycles. The molecule has 5 heteroatoms. The van der Waals surface area contributed by atoms with E-state index in [1.54, 1.807) is 6.08 Å². The van der Waals surface area contributed by atoms with E-state index >= 15 is 0 Å². The van der Waals surface area contributed by atoms with Crippen LogP contribution in [0.2, 0.25) is 5.02 Å². The molecule has 0 bridgehead atoms. The lowest BCUT2D eigenvalue weighted by molar-refractivity contribution is 0.572. The summed E-state index contributed by atoms with van der Waals surface area (Å²) in [7, 11) is 0. The zero-order valence-electron chi connectivity index (χ0n) is 14.0. The summed E-state index contributed by atoms with van der Waals surface area (Å²) in [5.41, 5.74) is 4.07. The lowest BCUT2D eigenvalue weighted by atomic mass is 10.2. The molecule has 2 heterocycles. The molecule has 0 unspecified atom stereocenters. The maximum absolute atomic E-state index is 9.55. The molecule has 26 heavy (non-hydrogen) atoms. The maximum Gasteiger partial charge on any atom is 0.149 e. The lowest BCUT2D eigenvalue weighted by Gasteiger charge is -1.99. The molecule has 2 aromatic heterocycles. The minimum absolute atomic E-state index is 0.402. The van der Waals surface area contributed by atoms with Crippen LogP contribution in [0.3, 0.4) is 0 Å². The molecule has 0 aliphatic rings. The van der Waals surface area contributed by atoms with Gasteiger partial charge in [0.05, 0.1) is 21.6 Å². The number of aryl methyl sites for hydroxylation is 1. The van der Waals surface area contributed by atoms with Gasteiger partial charge in [-0.15, -0.1) is 0 Å². The van der Waals surface area contributed by atoms with Gasteiger partial charge in [0.25, 0.3) is 0 Å². The maximum atomic E-state index is 9.55. The Hall–Kier alpha value is -3.29. The van der Waals surface area contributed by atoms with E-state index in [-0.39, 0.29) is 0 Å². The number of aromatic nitrogens is 2. The molecule has 0 radical (unpaired) electrons. The highest BCUT2D eigenvalue weighted by atomic mass is 35.5. The molecule has 4 nitrogen and oxygen atoms in total. The first-order chi connectivity index (χ1) is 12.6. The molecule has 0 fully saturated rings. The second-order valence-electron chi connectivity index (χ2n) is 5.96. The third kappa shape index (κ3) is 3.01. The molecule has 126 valence electrons. The highest BCUT2D eigenvalue weighted by Crippen LogP contribution is 2.30. The Labute approximate surface area is 155 Å². The number of furan rings is 1. The molecular formula is C21H14ClN3O. The van der Waals surface area contributed by atoms with Crippen LogP contribution in [0.25, 0.3) is 34.0 Å². The number of aromatic amines is 1. The van der Waals surface area contributed by atoms with Gasteiger partial charge in [-0.05, 0) is 48.9 Å².